The monoisotopic (exact) mass is 463 g/mol. The standard InChI is InChI=1S/C26H26ClN3O3/c1-3-21(25(32)28-4-2)29(15-17-11-13-19(27)14-12-17)23(31)16-30-22-10-6-8-18-7-5-9-20(24(18)22)26(30)33/h5-14,21H,3-4,15-16H2,1-2H3,(H,28,32). The number of carbonyl (C=O) groups excluding carboxylic acids is 3. The number of rotatable bonds is 8. The van der Waals surface area contributed by atoms with E-state index >= 15 is 0 Å². The van der Waals surface area contributed by atoms with Crippen molar-refractivity contribution in [2.45, 2.75) is 32.9 Å². The third-order valence-corrected chi connectivity index (χ3v) is 6.20. The Kier molecular flexibility index (Phi) is 6.65. The van der Waals surface area contributed by atoms with Crippen LogP contribution in [0.15, 0.2) is 60.7 Å². The minimum absolute atomic E-state index is 0.143. The summed E-state index contributed by atoms with van der Waals surface area (Å²) >= 11 is 6.02. The van der Waals surface area contributed by atoms with Gasteiger partial charge in [-0.3, -0.25) is 19.3 Å². The quantitative estimate of drug-likeness (QED) is 0.538. The summed E-state index contributed by atoms with van der Waals surface area (Å²) in [6.07, 6.45) is 0.453. The summed E-state index contributed by atoms with van der Waals surface area (Å²) in [7, 11) is 0. The molecule has 1 N–H and O–H groups in total. The van der Waals surface area contributed by atoms with Crippen LogP contribution in [0.1, 0.15) is 36.2 Å². The van der Waals surface area contributed by atoms with Crippen molar-refractivity contribution < 1.29 is 14.4 Å². The molecule has 6 nitrogen and oxygen atoms in total. The third kappa shape index (κ3) is 4.44. The number of nitrogens with zero attached hydrogens (tertiary/aromatic N) is 2. The number of carbonyl (C=O) groups is 3. The highest BCUT2D eigenvalue weighted by atomic mass is 35.5. The van der Waals surface area contributed by atoms with Crippen LogP contribution >= 0.6 is 11.6 Å². The Morgan fingerprint density at radius 3 is 2.39 bits per heavy atom. The highest BCUT2D eigenvalue weighted by Crippen LogP contribution is 2.37. The number of nitrogens with one attached hydrogen (secondary N) is 1. The Morgan fingerprint density at radius 1 is 1.03 bits per heavy atom. The number of hydrogen-bond donors (Lipinski definition) is 1. The van der Waals surface area contributed by atoms with Gasteiger partial charge in [-0.1, -0.05) is 54.9 Å². The molecular formula is C26H26ClN3O3. The fourth-order valence-corrected chi connectivity index (χ4v) is 4.49. The molecule has 0 aliphatic carbocycles. The van der Waals surface area contributed by atoms with Gasteiger partial charge in [-0.25, -0.2) is 0 Å². The Morgan fingerprint density at radius 2 is 1.73 bits per heavy atom. The van der Waals surface area contributed by atoms with E-state index in [4.69, 9.17) is 11.6 Å². The zero-order chi connectivity index (χ0) is 23.5. The molecule has 0 spiro atoms. The maximum atomic E-state index is 13.6. The molecule has 1 heterocycles. The SMILES string of the molecule is CCNC(=O)C(CC)N(Cc1ccc(Cl)cc1)C(=O)CN1C(=O)c2cccc3cccc1c23. The lowest BCUT2D eigenvalue weighted by Crippen LogP contribution is -2.52. The first-order valence-corrected chi connectivity index (χ1v) is 11.5. The number of likely N-dealkylation sites (N-methyl/N-ethyl adjacent to an activating group) is 1. The molecule has 170 valence electrons. The smallest absolute Gasteiger partial charge is 0.259 e. The van der Waals surface area contributed by atoms with Crippen molar-refractivity contribution in [3.8, 4) is 0 Å². The Labute approximate surface area is 198 Å². The second kappa shape index (κ2) is 9.63. The molecule has 0 aromatic heterocycles. The molecule has 33 heavy (non-hydrogen) atoms. The molecule has 0 fully saturated rings. The number of benzene rings is 3. The summed E-state index contributed by atoms with van der Waals surface area (Å²) < 4.78 is 0. The Hall–Kier alpha value is -3.38. The molecule has 3 aromatic rings. The van der Waals surface area contributed by atoms with E-state index in [1.165, 1.54) is 4.90 Å². The number of amides is 3. The van der Waals surface area contributed by atoms with Crippen molar-refractivity contribution in [3.63, 3.8) is 0 Å². The second-order valence-corrected chi connectivity index (χ2v) is 8.48. The van der Waals surface area contributed by atoms with Crippen LogP contribution in [0.5, 0.6) is 0 Å². The third-order valence-electron chi connectivity index (χ3n) is 5.95. The lowest BCUT2D eigenvalue weighted by atomic mass is 10.1. The van der Waals surface area contributed by atoms with Gasteiger partial charge in [-0.15, -0.1) is 0 Å². The van der Waals surface area contributed by atoms with Gasteiger partial charge in [0.1, 0.15) is 12.6 Å². The van der Waals surface area contributed by atoms with Gasteiger partial charge in [0.25, 0.3) is 5.91 Å². The number of hydrogen-bond acceptors (Lipinski definition) is 3. The second-order valence-electron chi connectivity index (χ2n) is 8.04. The van der Waals surface area contributed by atoms with E-state index in [2.05, 4.69) is 5.32 Å². The summed E-state index contributed by atoms with van der Waals surface area (Å²) in [6.45, 7) is 4.29. The maximum Gasteiger partial charge on any atom is 0.259 e. The minimum atomic E-state index is -0.649. The van der Waals surface area contributed by atoms with Crippen LogP contribution in [-0.2, 0) is 16.1 Å². The van der Waals surface area contributed by atoms with Crippen LogP contribution in [0.2, 0.25) is 5.02 Å². The van der Waals surface area contributed by atoms with Gasteiger partial charge in [0, 0.05) is 29.1 Å². The Bertz CT molecular complexity index is 1200. The Balaban J connectivity index is 1.65. The minimum Gasteiger partial charge on any atom is -0.355 e. The summed E-state index contributed by atoms with van der Waals surface area (Å²) in [5.41, 5.74) is 2.17. The molecule has 4 rings (SSSR count). The van der Waals surface area contributed by atoms with Gasteiger partial charge >= 0.3 is 0 Å². The molecule has 0 bridgehead atoms. The van der Waals surface area contributed by atoms with Gasteiger partial charge in [-0.05, 0) is 48.6 Å². The molecule has 0 saturated heterocycles. The molecule has 1 aliphatic rings. The first-order valence-electron chi connectivity index (χ1n) is 11.1. The first-order chi connectivity index (χ1) is 15.9. The van der Waals surface area contributed by atoms with Crippen LogP contribution in [0.25, 0.3) is 10.8 Å². The summed E-state index contributed by atoms with van der Waals surface area (Å²) in [5.74, 6) is -0.700. The van der Waals surface area contributed by atoms with Crippen molar-refractivity contribution in [1.29, 1.82) is 0 Å². The molecule has 3 amide bonds. The van der Waals surface area contributed by atoms with E-state index in [0.717, 1.165) is 22.0 Å². The summed E-state index contributed by atoms with van der Waals surface area (Å²) in [6, 6.07) is 17.8. The average molecular weight is 464 g/mol. The number of anilines is 1. The molecular weight excluding hydrogens is 438 g/mol. The topological polar surface area (TPSA) is 69.7 Å². The fraction of sp³-hybridized carbons (Fsp3) is 0.269. The van der Waals surface area contributed by atoms with Gasteiger partial charge in [0.05, 0.1) is 5.69 Å². The lowest BCUT2D eigenvalue weighted by molar-refractivity contribution is -0.140. The predicted molar refractivity (Wildman–Crippen MR) is 130 cm³/mol. The van der Waals surface area contributed by atoms with E-state index < -0.39 is 6.04 Å². The molecule has 1 unspecified atom stereocenters. The molecule has 0 saturated carbocycles. The van der Waals surface area contributed by atoms with Gasteiger partial charge in [-0.2, -0.15) is 0 Å². The van der Waals surface area contributed by atoms with Gasteiger partial charge < -0.3 is 10.2 Å². The summed E-state index contributed by atoms with van der Waals surface area (Å²) in [5, 5.41) is 5.24. The maximum absolute atomic E-state index is 13.6. The first kappa shape index (κ1) is 22.8. The van der Waals surface area contributed by atoms with Crippen LogP contribution in [0, 0.1) is 0 Å². The van der Waals surface area contributed by atoms with Crippen LogP contribution in [0.3, 0.4) is 0 Å². The van der Waals surface area contributed by atoms with E-state index in [-0.39, 0.29) is 30.8 Å². The van der Waals surface area contributed by atoms with E-state index in [9.17, 15) is 14.4 Å². The van der Waals surface area contributed by atoms with Gasteiger partial charge in [0.2, 0.25) is 11.8 Å². The molecule has 3 aromatic carbocycles. The van der Waals surface area contributed by atoms with Crippen molar-refractivity contribution in [3.05, 3.63) is 76.8 Å². The summed E-state index contributed by atoms with van der Waals surface area (Å²) in [4.78, 5) is 42.7. The average Bonchev–Trinajstić information content (AvgIpc) is 3.08. The van der Waals surface area contributed by atoms with E-state index in [1.807, 2.05) is 56.3 Å². The predicted octanol–water partition coefficient (Wildman–Crippen LogP) is 4.40. The van der Waals surface area contributed by atoms with Gasteiger partial charge in [0.15, 0.2) is 0 Å². The fourth-order valence-electron chi connectivity index (χ4n) is 4.36. The number of halogens is 1. The van der Waals surface area contributed by atoms with Crippen LogP contribution in [-0.4, -0.2) is 41.8 Å². The zero-order valence-corrected chi connectivity index (χ0v) is 19.4. The largest absolute Gasteiger partial charge is 0.355 e. The zero-order valence-electron chi connectivity index (χ0n) is 18.7. The van der Waals surface area contributed by atoms with Crippen molar-refractivity contribution in [1.82, 2.24) is 10.2 Å². The van der Waals surface area contributed by atoms with Crippen molar-refractivity contribution in [2.24, 2.45) is 0 Å². The van der Waals surface area contributed by atoms with Crippen LogP contribution < -0.4 is 10.2 Å². The molecule has 1 aliphatic heterocycles. The van der Waals surface area contributed by atoms with Crippen molar-refractivity contribution >= 4 is 45.8 Å². The molecule has 7 heteroatoms. The highest BCUT2D eigenvalue weighted by molar-refractivity contribution is 6.30. The van der Waals surface area contributed by atoms with E-state index in [0.29, 0.717) is 23.6 Å². The lowest BCUT2D eigenvalue weighted by Gasteiger charge is -2.32. The van der Waals surface area contributed by atoms with Crippen LogP contribution in [0.4, 0.5) is 5.69 Å². The molecule has 1 atom stereocenters. The highest BCUT2D eigenvalue weighted by Gasteiger charge is 2.34. The molecule has 0 radical (unpaired) electrons. The van der Waals surface area contributed by atoms with E-state index in [1.54, 1.807) is 23.1 Å². The van der Waals surface area contributed by atoms with Crippen molar-refractivity contribution in [2.75, 3.05) is 18.0 Å². The normalized spacial score (nSPS) is 13.3.